The molecule has 1 unspecified atom stereocenters. The van der Waals surface area contributed by atoms with Gasteiger partial charge in [-0.3, -0.25) is 9.59 Å². The molecule has 2 aromatic rings. The highest BCUT2D eigenvalue weighted by atomic mass is 35.5. The Morgan fingerprint density at radius 3 is 2.48 bits per heavy atom. The highest BCUT2D eigenvalue weighted by molar-refractivity contribution is 7.18. The van der Waals surface area contributed by atoms with Gasteiger partial charge in [-0.1, -0.05) is 12.1 Å². The Bertz CT molecular complexity index is 699. The van der Waals surface area contributed by atoms with Crippen LogP contribution in [0.1, 0.15) is 30.2 Å². The molecule has 0 radical (unpaired) electrons. The van der Waals surface area contributed by atoms with E-state index in [-0.39, 0.29) is 37.1 Å². The molecule has 3 rings (SSSR count). The summed E-state index contributed by atoms with van der Waals surface area (Å²) in [6.45, 7) is 1.29. The van der Waals surface area contributed by atoms with Crippen LogP contribution in [0, 0.1) is 0 Å². The van der Waals surface area contributed by atoms with Gasteiger partial charge in [-0.2, -0.15) is 0 Å². The number of amides is 2. The van der Waals surface area contributed by atoms with Gasteiger partial charge in [0.25, 0.3) is 0 Å². The SMILES string of the molecule is Cl.Cl.NC(=O)CC(N)C(=O)N1CCC(c2nc3ccccc3s2)CC1. The number of halogens is 2. The summed E-state index contributed by atoms with van der Waals surface area (Å²) in [5, 5.41) is 1.14. The van der Waals surface area contributed by atoms with Gasteiger partial charge in [-0.05, 0) is 25.0 Å². The van der Waals surface area contributed by atoms with Gasteiger partial charge >= 0.3 is 0 Å². The van der Waals surface area contributed by atoms with E-state index in [1.807, 2.05) is 18.2 Å². The fraction of sp³-hybridized carbons (Fsp3) is 0.438. The first kappa shape index (κ1) is 21.6. The number of benzene rings is 1. The van der Waals surface area contributed by atoms with Crippen LogP contribution in [0.2, 0.25) is 0 Å². The first-order chi connectivity index (χ1) is 11.0. The normalized spacial score (nSPS) is 16.0. The lowest BCUT2D eigenvalue weighted by Crippen LogP contribution is -2.48. The van der Waals surface area contributed by atoms with Gasteiger partial charge in [-0.15, -0.1) is 36.2 Å². The van der Waals surface area contributed by atoms with Crippen molar-refractivity contribution in [1.82, 2.24) is 9.88 Å². The number of carbonyl (C=O) groups is 2. The van der Waals surface area contributed by atoms with Crippen molar-refractivity contribution in [2.24, 2.45) is 11.5 Å². The Labute approximate surface area is 162 Å². The molecule has 9 heteroatoms. The first-order valence-electron chi connectivity index (χ1n) is 7.72. The number of para-hydroxylation sites is 1. The molecule has 1 aromatic carbocycles. The van der Waals surface area contributed by atoms with Crippen molar-refractivity contribution in [1.29, 1.82) is 0 Å². The number of aromatic nitrogens is 1. The van der Waals surface area contributed by atoms with Crippen LogP contribution in [-0.2, 0) is 9.59 Å². The average molecular weight is 405 g/mol. The lowest BCUT2D eigenvalue weighted by Gasteiger charge is -2.32. The van der Waals surface area contributed by atoms with Crippen molar-refractivity contribution in [2.75, 3.05) is 13.1 Å². The number of hydrogen-bond donors (Lipinski definition) is 2. The number of nitrogens with zero attached hydrogens (tertiary/aromatic N) is 2. The Morgan fingerprint density at radius 2 is 1.88 bits per heavy atom. The lowest BCUT2D eigenvalue weighted by atomic mass is 9.97. The van der Waals surface area contributed by atoms with Gasteiger partial charge in [0, 0.05) is 19.0 Å². The molecular formula is C16H22Cl2N4O2S. The fourth-order valence-corrected chi connectivity index (χ4v) is 4.09. The highest BCUT2D eigenvalue weighted by Gasteiger charge is 2.28. The van der Waals surface area contributed by atoms with Gasteiger partial charge in [0.1, 0.15) is 0 Å². The molecule has 1 aliphatic heterocycles. The highest BCUT2D eigenvalue weighted by Crippen LogP contribution is 2.33. The minimum atomic E-state index is -0.827. The van der Waals surface area contributed by atoms with Gasteiger partial charge in [0.2, 0.25) is 11.8 Å². The maximum atomic E-state index is 12.2. The first-order valence-corrected chi connectivity index (χ1v) is 8.54. The van der Waals surface area contributed by atoms with E-state index in [1.165, 1.54) is 4.70 Å². The van der Waals surface area contributed by atoms with E-state index in [4.69, 9.17) is 16.5 Å². The summed E-state index contributed by atoms with van der Waals surface area (Å²) in [7, 11) is 0. The summed E-state index contributed by atoms with van der Waals surface area (Å²) in [6, 6.07) is 7.29. The Kier molecular flexibility index (Phi) is 8.08. The van der Waals surface area contributed by atoms with Crippen molar-refractivity contribution in [3.63, 3.8) is 0 Å². The monoisotopic (exact) mass is 404 g/mol. The van der Waals surface area contributed by atoms with Crippen LogP contribution in [0.5, 0.6) is 0 Å². The molecule has 1 saturated heterocycles. The number of piperidine rings is 1. The second-order valence-corrected chi connectivity index (χ2v) is 6.96. The maximum Gasteiger partial charge on any atom is 0.240 e. The molecule has 1 aromatic heterocycles. The second-order valence-electron chi connectivity index (χ2n) is 5.90. The van der Waals surface area contributed by atoms with Crippen LogP contribution in [0.4, 0.5) is 0 Å². The van der Waals surface area contributed by atoms with Crippen LogP contribution in [0.3, 0.4) is 0 Å². The number of thiazole rings is 1. The van der Waals surface area contributed by atoms with Gasteiger partial charge < -0.3 is 16.4 Å². The molecule has 138 valence electrons. The van der Waals surface area contributed by atoms with Crippen molar-refractivity contribution < 1.29 is 9.59 Å². The zero-order chi connectivity index (χ0) is 16.4. The number of fused-ring (bicyclic) bond motifs is 1. The third-order valence-corrected chi connectivity index (χ3v) is 5.40. The summed E-state index contributed by atoms with van der Waals surface area (Å²) < 4.78 is 1.20. The quantitative estimate of drug-likeness (QED) is 0.813. The minimum absolute atomic E-state index is 0. The third-order valence-electron chi connectivity index (χ3n) is 4.20. The van der Waals surface area contributed by atoms with Crippen LogP contribution < -0.4 is 11.5 Å². The van der Waals surface area contributed by atoms with E-state index in [2.05, 4.69) is 6.07 Å². The number of likely N-dealkylation sites (tertiary alicyclic amines) is 1. The molecule has 0 saturated carbocycles. The average Bonchev–Trinajstić information content (AvgIpc) is 2.97. The summed E-state index contributed by atoms with van der Waals surface area (Å²) in [5.74, 6) is -0.356. The molecule has 0 aliphatic carbocycles. The zero-order valence-corrected chi connectivity index (χ0v) is 16.0. The van der Waals surface area contributed by atoms with E-state index < -0.39 is 11.9 Å². The van der Waals surface area contributed by atoms with E-state index >= 15 is 0 Å². The summed E-state index contributed by atoms with van der Waals surface area (Å²) in [6.07, 6.45) is 1.64. The van der Waals surface area contributed by atoms with Gasteiger partial charge in [-0.25, -0.2) is 4.98 Å². The summed E-state index contributed by atoms with van der Waals surface area (Å²) >= 11 is 1.73. The number of nitrogens with two attached hydrogens (primary N) is 2. The predicted molar refractivity (Wildman–Crippen MR) is 104 cm³/mol. The van der Waals surface area contributed by atoms with E-state index in [1.54, 1.807) is 16.2 Å². The molecule has 4 N–H and O–H groups in total. The van der Waals surface area contributed by atoms with Crippen LogP contribution >= 0.6 is 36.2 Å². The largest absolute Gasteiger partial charge is 0.370 e. The standard InChI is InChI=1S/C16H20N4O2S.2ClH/c17-11(9-14(18)21)16(22)20-7-5-10(6-8-20)15-19-12-3-1-2-4-13(12)23-15;;/h1-4,10-11H,5-9,17H2,(H2,18,21);2*1H. The van der Waals surface area contributed by atoms with Crippen LogP contribution in [0.25, 0.3) is 10.2 Å². The Hall–Kier alpha value is -1.41. The number of primary amides is 1. The Balaban J connectivity index is 0.00000156. The molecule has 2 amide bonds. The van der Waals surface area contributed by atoms with Crippen molar-refractivity contribution >= 4 is 58.2 Å². The topological polar surface area (TPSA) is 102 Å². The zero-order valence-electron chi connectivity index (χ0n) is 13.6. The van der Waals surface area contributed by atoms with E-state index in [0.29, 0.717) is 19.0 Å². The van der Waals surface area contributed by atoms with Crippen molar-refractivity contribution in [3.8, 4) is 0 Å². The van der Waals surface area contributed by atoms with Crippen LogP contribution in [0.15, 0.2) is 24.3 Å². The van der Waals surface area contributed by atoms with Crippen molar-refractivity contribution in [3.05, 3.63) is 29.3 Å². The molecule has 1 aliphatic rings. The molecule has 1 atom stereocenters. The molecular weight excluding hydrogens is 383 g/mol. The van der Waals surface area contributed by atoms with Crippen LogP contribution in [-0.4, -0.2) is 40.8 Å². The summed E-state index contributed by atoms with van der Waals surface area (Å²) in [5.41, 5.74) is 11.9. The second kappa shape index (κ2) is 9.33. The fourth-order valence-electron chi connectivity index (χ4n) is 2.95. The van der Waals surface area contributed by atoms with Gasteiger partial charge in [0.05, 0.1) is 27.7 Å². The molecule has 0 bridgehead atoms. The predicted octanol–water partition coefficient (Wildman–Crippen LogP) is 2.05. The minimum Gasteiger partial charge on any atom is -0.370 e. The number of rotatable bonds is 4. The summed E-state index contributed by atoms with van der Waals surface area (Å²) in [4.78, 5) is 29.5. The third kappa shape index (κ3) is 5.04. The number of carbonyl (C=O) groups excluding carboxylic acids is 2. The number of hydrogen-bond acceptors (Lipinski definition) is 5. The molecule has 2 heterocycles. The lowest BCUT2D eigenvalue weighted by molar-refractivity contribution is -0.135. The molecule has 1 fully saturated rings. The van der Waals surface area contributed by atoms with E-state index in [0.717, 1.165) is 23.4 Å². The molecule has 0 spiro atoms. The molecule has 25 heavy (non-hydrogen) atoms. The van der Waals surface area contributed by atoms with Gasteiger partial charge in [0.15, 0.2) is 0 Å². The molecule has 6 nitrogen and oxygen atoms in total. The van der Waals surface area contributed by atoms with Crippen molar-refractivity contribution in [2.45, 2.75) is 31.2 Å². The Morgan fingerprint density at radius 1 is 1.24 bits per heavy atom. The smallest absolute Gasteiger partial charge is 0.240 e. The van der Waals surface area contributed by atoms with E-state index in [9.17, 15) is 9.59 Å². The maximum absolute atomic E-state index is 12.2.